The first-order valence-electron chi connectivity index (χ1n) is 12.6. The second-order valence-corrected chi connectivity index (χ2v) is 11.5. The second kappa shape index (κ2) is 6.64. The van der Waals surface area contributed by atoms with Crippen molar-refractivity contribution in [2.75, 3.05) is 14.1 Å². The highest BCUT2D eigenvalue weighted by Crippen LogP contribution is 2.67. The van der Waals surface area contributed by atoms with Gasteiger partial charge in [0.25, 0.3) is 0 Å². The number of ether oxygens (including phenoxy) is 1. The lowest BCUT2D eigenvalue weighted by atomic mass is 9.58. The maximum Gasteiger partial charge on any atom is 0.0980 e. The molecule has 5 atom stereocenters. The van der Waals surface area contributed by atoms with Crippen molar-refractivity contribution >= 4 is 16.3 Å². The number of rotatable bonds is 2. The van der Waals surface area contributed by atoms with E-state index in [0.717, 1.165) is 31.1 Å². The topological polar surface area (TPSA) is 38.2 Å². The van der Waals surface area contributed by atoms with Gasteiger partial charge in [-0.1, -0.05) is 37.3 Å². The summed E-state index contributed by atoms with van der Waals surface area (Å²) < 4.78 is 7.38. The van der Waals surface area contributed by atoms with Gasteiger partial charge in [0.2, 0.25) is 0 Å². The van der Waals surface area contributed by atoms with Gasteiger partial charge in [0, 0.05) is 28.1 Å². The van der Waals surface area contributed by atoms with Gasteiger partial charge in [-0.05, 0) is 87.4 Å². The van der Waals surface area contributed by atoms with Gasteiger partial charge >= 0.3 is 0 Å². The maximum atomic E-state index is 7.38. The van der Waals surface area contributed by atoms with Crippen LogP contribution in [0.3, 0.4) is 0 Å². The van der Waals surface area contributed by atoms with Gasteiger partial charge in [0.15, 0.2) is 0 Å². The van der Waals surface area contributed by atoms with Gasteiger partial charge in [-0.25, -0.2) is 0 Å². The fourth-order valence-corrected chi connectivity index (χ4v) is 8.01. The van der Waals surface area contributed by atoms with Crippen LogP contribution in [0, 0.1) is 11.3 Å². The highest BCUT2D eigenvalue weighted by atomic mass is 16.5. The minimum absolute atomic E-state index is 0.0346. The van der Waals surface area contributed by atoms with Crippen LogP contribution >= 0.6 is 0 Å². The molecule has 7 rings (SSSR count). The number of nitrogens with zero attached hydrogens (tertiary/aromatic N) is 3. The van der Waals surface area contributed by atoms with Gasteiger partial charge in [0.05, 0.1) is 23.6 Å². The summed E-state index contributed by atoms with van der Waals surface area (Å²) in [5.74, 6) is 0.503. The Morgan fingerprint density at radius 1 is 1.06 bits per heavy atom. The van der Waals surface area contributed by atoms with Crippen LogP contribution in [0.25, 0.3) is 16.3 Å². The third-order valence-electron chi connectivity index (χ3n) is 9.83. The number of allylic oxidation sites excluding steroid dienone is 3. The van der Waals surface area contributed by atoms with Crippen LogP contribution in [0.2, 0.25) is 0 Å². The molecule has 2 spiro atoms. The molecule has 5 aliphatic rings. The fourth-order valence-electron chi connectivity index (χ4n) is 8.01. The zero-order valence-corrected chi connectivity index (χ0v) is 20.0. The first-order chi connectivity index (χ1) is 15.9. The number of hydrogen-bond acceptors (Lipinski definition) is 4. The summed E-state index contributed by atoms with van der Waals surface area (Å²) in [4.78, 5) is 2.41. The maximum absolute atomic E-state index is 7.38. The van der Waals surface area contributed by atoms with Crippen LogP contribution in [-0.4, -0.2) is 46.4 Å². The van der Waals surface area contributed by atoms with Crippen LogP contribution in [-0.2, 0) is 4.74 Å². The monoisotopic (exact) mass is 439 g/mol. The standard InChI is InChI=1S/C29H33N3O/c1-27-11-10-23-15-22-6-7-24(32(2)3)16-28(22)12-13-29(23,33-28)26(27)9-8-25(27)19-4-5-20-17-30-31-18-21(20)14-19/h4-5,8,10,14-15,17-18,24,26H,6-7,9,11-13,16H2,1-3H3/t24-,26-,27-,28-,29?/m1/s1. The van der Waals surface area contributed by atoms with Gasteiger partial charge < -0.3 is 9.64 Å². The average molecular weight is 440 g/mol. The van der Waals surface area contributed by atoms with E-state index < -0.39 is 0 Å². The van der Waals surface area contributed by atoms with E-state index in [9.17, 15) is 0 Å². The quantitative estimate of drug-likeness (QED) is 0.601. The molecule has 0 amide bonds. The van der Waals surface area contributed by atoms with E-state index in [4.69, 9.17) is 4.74 Å². The molecule has 3 heterocycles. The lowest BCUT2D eigenvalue weighted by molar-refractivity contribution is -0.134. The molecule has 1 aromatic heterocycles. The van der Waals surface area contributed by atoms with Crippen molar-refractivity contribution in [3.63, 3.8) is 0 Å². The molecule has 170 valence electrons. The van der Waals surface area contributed by atoms with E-state index in [1.165, 1.54) is 41.4 Å². The molecule has 33 heavy (non-hydrogen) atoms. The van der Waals surface area contributed by atoms with E-state index >= 15 is 0 Å². The molecule has 1 saturated heterocycles. The van der Waals surface area contributed by atoms with Crippen LogP contribution < -0.4 is 0 Å². The molecular weight excluding hydrogens is 406 g/mol. The molecule has 1 aromatic carbocycles. The molecule has 2 bridgehead atoms. The molecule has 3 aliphatic carbocycles. The van der Waals surface area contributed by atoms with E-state index in [1.54, 1.807) is 5.57 Å². The summed E-state index contributed by atoms with van der Waals surface area (Å²) in [6.07, 6.45) is 19.5. The van der Waals surface area contributed by atoms with Crippen LogP contribution in [0.4, 0.5) is 0 Å². The van der Waals surface area contributed by atoms with Crippen molar-refractivity contribution in [2.45, 2.75) is 69.1 Å². The summed E-state index contributed by atoms with van der Waals surface area (Å²) in [6, 6.07) is 7.40. The van der Waals surface area contributed by atoms with Crippen molar-refractivity contribution in [1.29, 1.82) is 0 Å². The SMILES string of the molecule is CN(C)[C@@H]1CCC2=CC3=CC[C@]4(C)C(c5ccc6cnncc6c5)=CC[C@H]4C34CC[C@]2(C1)O4. The Labute approximate surface area is 196 Å². The Morgan fingerprint density at radius 3 is 2.76 bits per heavy atom. The van der Waals surface area contributed by atoms with E-state index in [2.05, 4.69) is 72.5 Å². The third kappa shape index (κ3) is 2.60. The van der Waals surface area contributed by atoms with Crippen molar-refractivity contribution < 1.29 is 4.74 Å². The number of fused-ring (bicyclic) bond motifs is 2. The molecule has 4 heteroatoms. The highest BCUT2D eigenvalue weighted by molar-refractivity contribution is 5.86. The number of aromatic nitrogens is 2. The van der Waals surface area contributed by atoms with Gasteiger partial charge in [0.1, 0.15) is 0 Å². The van der Waals surface area contributed by atoms with Gasteiger partial charge in [-0.3, -0.25) is 0 Å². The first kappa shape index (κ1) is 20.1. The Morgan fingerprint density at radius 2 is 1.91 bits per heavy atom. The minimum Gasteiger partial charge on any atom is -0.359 e. The average Bonchev–Trinajstić information content (AvgIpc) is 3.33. The van der Waals surface area contributed by atoms with E-state index in [-0.39, 0.29) is 16.6 Å². The predicted molar refractivity (Wildman–Crippen MR) is 132 cm³/mol. The van der Waals surface area contributed by atoms with Gasteiger partial charge in [-0.15, -0.1) is 0 Å². The fraction of sp³-hybridized carbons (Fsp3) is 0.517. The summed E-state index contributed by atoms with van der Waals surface area (Å²) in [5, 5.41) is 10.5. The third-order valence-corrected chi connectivity index (χ3v) is 9.83. The van der Waals surface area contributed by atoms with Crippen molar-refractivity contribution in [3.8, 4) is 0 Å². The predicted octanol–water partition coefficient (Wildman–Crippen LogP) is 5.71. The summed E-state index contributed by atoms with van der Waals surface area (Å²) >= 11 is 0. The Kier molecular flexibility index (Phi) is 4.05. The lowest BCUT2D eigenvalue weighted by Crippen LogP contribution is -2.54. The summed E-state index contributed by atoms with van der Waals surface area (Å²) in [5.41, 5.74) is 5.83. The van der Waals surface area contributed by atoms with Crippen molar-refractivity contribution in [3.05, 3.63) is 65.5 Å². The summed E-state index contributed by atoms with van der Waals surface area (Å²) in [7, 11) is 4.46. The lowest BCUT2D eigenvalue weighted by Gasteiger charge is -2.54. The van der Waals surface area contributed by atoms with E-state index in [0.29, 0.717) is 12.0 Å². The molecular formula is C29H33N3O. The van der Waals surface area contributed by atoms with Crippen molar-refractivity contribution in [1.82, 2.24) is 15.1 Å². The summed E-state index contributed by atoms with van der Waals surface area (Å²) in [6.45, 7) is 2.49. The largest absolute Gasteiger partial charge is 0.359 e. The molecule has 1 unspecified atom stereocenters. The Bertz CT molecular complexity index is 1260. The van der Waals surface area contributed by atoms with Crippen LogP contribution in [0.15, 0.2) is 60.0 Å². The zero-order chi connectivity index (χ0) is 22.4. The molecule has 0 radical (unpaired) electrons. The molecule has 1 saturated carbocycles. The van der Waals surface area contributed by atoms with Crippen LogP contribution in [0.5, 0.6) is 0 Å². The molecule has 4 nitrogen and oxygen atoms in total. The zero-order valence-electron chi connectivity index (χ0n) is 20.0. The smallest absolute Gasteiger partial charge is 0.0980 e. The van der Waals surface area contributed by atoms with Crippen molar-refractivity contribution in [2.24, 2.45) is 11.3 Å². The molecule has 2 aromatic rings. The molecule has 0 N–H and O–H groups in total. The number of benzene rings is 1. The molecule has 2 aliphatic heterocycles. The highest BCUT2D eigenvalue weighted by Gasteiger charge is 2.65. The molecule has 2 fully saturated rings. The Balaban J connectivity index is 1.28. The first-order valence-corrected chi connectivity index (χ1v) is 12.6. The Hall–Kier alpha value is -2.30. The minimum atomic E-state index is -0.120. The normalized spacial score (nSPS) is 39.0. The second-order valence-electron chi connectivity index (χ2n) is 11.5. The number of hydrogen-bond donors (Lipinski definition) is 0. The van der Waals surface area contributed by atoms with Crippen LogP contribution in [0.1, 0.15) is 57.4 Å². The van der Waals surface area contributed by atoms with Gasteiger partial charge in [-0.2, -0.15) is 10.2 Å². The van der Waals surface area contributed by atoms with E-state index in [1.807, 2.05) is 12.4 Å².